The average molecular weight is 271 g/mol. The van der Waals surface area contributed by atoms with E-state index in [2.05, 4.69) is 30.2 Å². The van der Waals surface area contributed by atoms with Gasteiger partial charge in [-0.25, -0.2) is 0 Å². The van der Waals surface area contributed by atoms with E-state index in [1.807, 2.05) is 18.2 Å². The first kappa shape index (κ1) is 14.6. The molecular formula is C17H25N3. The number of hydrogen-bond donors (Lipinski definition) is 2. The van der Waals surface area contributed by atoms with Crippen LogP contribution in [0.5, 0.6) is 0 Å². The molecule has 0 spiro atoms. The maximum atomic E-state index is 6.09. The van der Waals surface area contributed by atoms with E-state index < -0.39 is 0 Å². The first-order chi connectivity index (χ1) is 9.76. The summed E-state index contributed by atoms with van der Waals surface area (Å²) in [5, 5.41) is 4.66. The van der Waals surface area contributed by atoms with Crippen LogP contribution in [0.25, 0.3) is 10.9 Å². The molecule has 20 heavy (non-hydrogen) atoms. The number of aromatic nitrogens is 1. The minimum absolute atomic E-state index is 0.710. The minimum atomic E-state index is 0.710. The standard InChI is InChI=1S/C17H25N3/c1-3-5-8-13(4-2)11-20-17-14-9-6-7-10-16(14)19-12-15(17)18/h6-7,9-10,12-13H,3-5,8,11,18H2,1-2H3,(H,19,20). The van der Waals surface area contributed by atoms with Crippen molar-refractivity contribution in [3.05, 3.63) is 30.5 Å². The summed E-state index contributed by atoms with van der Waals surface area (Å²) in [5.74, 6) is 0.710. The number of nitrogens with two attached hydrogens (primary N) is 1. The van der Waals surface area contributed by atoms with Crippen molar-refractivity contribution in [3.63, 3.8) is 0 Å². The number of unbranched alkanes of at least 4 members (excludes halogenated alkanes) is 1. The first-order valence-electron chi connectivity index (χ1n) is 7.63. The molecule has 0 aliphatic carbocycles. The third-order valence-electron chi connectivity index (χ3n) is 3.92. The molecule has 0 radical (unpaired) electrons. The fourth-order valence-electron chi connectivity index (χ4n) is 2.54. The fraction of sp³-hybridized carbons (Fsp3) is 0.471. The van der Waals surface area contributed by atoms with Crippen molar-refractivity contribution in [1.29, 1.82) is 0 Å². The molecule has 1 atom stereocenters. The summed E-state index contributed by atoms with van der Waals surface area (Å²) >= 11 is 0. The molecule has 2 aromatic rings. The summed E-state index contributed by atoms with van der Waals surface area (Å²) in [6.07, 6.45) is 6.79. The number of nitrogens with one attached hydrogen (secondary N) is 1. The van der Waals surface area contributed by atoms with Crippen LogP contribution in [0.2, 0.25) is 0 Å². The number of pyridine rings is 1. The monoisotopic (exact) mass is 271 g/mol. The highest BCUT2D eigenvalue weighted by molar-refractivity contribution is 5.96. The van der Waals surface area contributed by atoms with Gasteiger partial charge in [-0.05, 0) is 18.4 Å². The molecule has 3 heteroatoms. The lowest BCUT2D eigenvalue weighted by molar-refractivity contribution is 0.473. The number of fused-ring (bicyclic) bond motifs is 1. The first-order valence-corrected chi connectivity index (χ1v) is 7.63. The summed E-state index contributed by atoms with van der Waals surface area (Å²) < 4.78 is 0. The number of hydrogen-bond acceptors (Lipinski definition) is 3. The van der Waals surface area contributed by atoms with Crippen LogP contribution in [0.3, 0.4) is 0 Å². The molecule has 3 N–H and O–H groups in total. The number of nitrogens with zero attached hydrogens (tertiary/aromatic N) is 1. The summed E-state index contributed by atoms with van der Waals surface area (Å²) in [6.45, 7) is 5.49. The van der Waals surface area contributed by atoms with E-state index in [4.69, 9.17) is 5.73 Å². The smallest absolute Gasteiger partial charge is 0.0743 e. The second kappa shape index (κ2) is 7.13. The third-order valence-corrected chi connectivity index (χ3v) is 3.92. The van der Waals surface area contributed by atoms with Gasteiger partial charge in [-0.2, -0.15) is 0 Å². The van der Waals surface area contributed by atoms with Gasteiger partial charge < -0.3 is 11.1 Å². The Bertz CT molecular complexity index is 551. The van der Waals surface area contributed by atoms with Crippen molar-refractivity contribution in [2.45, 2.75) is 39.5 Å². The number of anilines is 2. The maximum Gasteiger partial charge on any atom is 0.0743 e. The van der Waals surface area contributed by atoms with Crippen molar-refractivity contribution in [1.82, 2.24) is 4.98 Å². The lowest BCUT2D eigenvalue weighted by Gasteiger charge is -2.18. The Hall–Kier alpha value is -1.77. The summed E-state index contributed by atoms with van der Waals surface area (Å²) in [5.41, 5.74) is 8.84. The fourth-order valence-corrected chi connectivity index (χ4v) is 2.54. The van der Waals surface area contributed by atoms with Gasteiger partial charge in [-0.3, -0.25) is 4.98 Å². The van der Waals surface area contributed by atoms with Gasteiger partial charge in [0.1, 0.15) is 0 Å². The lowest BCUT2D eigenvalue weighted by Crippen LogP contribution is -2.15. The van der Waals surface area contributed by atoms with E-state index in [0.29, 0.717) is 5.92 Å². The second-order valence-electron chi connectivity index (χ2n) is 5.40. The van der Waals surface area contributed by atoms with Crippen molar-refractivity contribution < 1.29 is 0 Å². The molecule has 1 aromatic carbocycles. The number of para-hydroxylation sites is 1. The van der Waals surface area contributed by atoms with Gasteiger partial charge in [-0.1, -0.05) is 51.3 Å². The lowest BCUT2D eigenvalue weighted by atomic mass is 9.99. The van der Waals surface area contributed by atoms with Gasteiger partial charge in [0.05, 0.1) is 23.1 Å². The Balaban J connectivity index is 2.14. The molecule has 1 unspecified atom stereocenters. The predicted octanol–water partition coefficient (Wildman–Crippen LogP) is 4.45. The van der Waals surface area contributed by atoms with Crippen LogP contribution in [-0.4, -0.2) is 11.5 Å². The molecule has 3 nitrogen and oxygen atoms in total. The SMILES string of the molecule is CCCCC(CC)CNc1c(N)cnc2ccccc12. The van der Waals surface area contributed by atoms with E-state index in [1.165, 1.54) is 25.7 Å². The summed E-state index contributed by atoms with van der Waals surface area (Å²) in [4.78, 5) is 4.37. The van der Waals surface area contributed by atoms with E-state index in [-0.39, 0.29) is 0 Å². The van der Waals surface area contributed by atoms with E-state index in [1.54, 1.807) is 6.20 Å². The molecule has 2 rings (SSSR count). The van der Waals surface area contributed by atoms with Gasteiger partial charge in [0.2, 0.25) is 0 Å². The van der Waals surface area contributed by atoms with Crippen molar-refractivity contribution in [3.8, 4) is 0 Å². The Morgan fingerprint density at radius 2 is 2.05 bits per heavy atom. The molecule has 0 aliphatic heterocycles. The third kappa shape index (κ3) is 3.41. The van der Waals surface area contributed by atoms with Gasteiger partial charge in [-0.15, -0.1) is 0 Å². The highest BCUT2D eigenvalue weighted by Crippen LogP contribution is 2.28. The van der Waals surface area contributed by atoms with Crippen molar-refractivity contribution in [2.75, 3.05) is 17.6 Å². The maximum absolute atomic E-state index is 6.09. The van der Waals surface area contributed by atoms with Crippen LogP contribution >= 0.6 is 0 Å². The molecular weight excluding hydrogens is 246 g/mol. The average Bonchev–Trinajstić information content (AvgIpc) is 2.49. The number of benzene rings is 1. The molecule has 0 saturated heterocycles. The molecule has 0 fully saturated rings. The van der Waals surface area contributed by atoms with Crippen LogP contribution in [0.1, 0.15) is 39.5 Å². The van der Waals surface area contributed by atoms with Crippen LogP contribution in [0.15, 0.2) is 30.5 Å². The zero-order chi connectivity index (χ0) is 14.4. The number of nitrogen functional groups attached to an aromatic ring is 1. The largest absolute Gasteiger partial charge is 0.396 e. The Labute approximate surface area is 121 Å². The molecule has 0 saturated carbocycles. The summed E-state index contributed by atoms with van der Waals surface area (Å²) in [6, 6.07) is 8.14. The van der Waals surface area contributed by atoms with Crippen LogP contribution in [-0.2, 0) is 0 Å². The molecule has 0 bridgehead atoms. The number of rotatable bonds is 7. The minimum Gasteiger partial charge on any atom is -0.396 e. The Morgan fingerprint density at radius 3 is 2.80 bits per heavy atom. The summed E-state index contributed by atoms with van der Waals surface area (Å²) in [7, 11) is 0. The van der Waals surface area contributed by atoms with Crippen LogP contribution in [0, 0.1) is 5.92 Å². The predicted molar refractivity (Wildman–Crippen MR) is 88.0 cm³/mol. The van der Waals surface area contributed by atoms with Crippen molar-refractivity contribution >= 4 is 22.3 Å². The van der Waals surface area contributed by atoms with Crippen LogP contribution in [0.4, 0.5) is 11.4 Å². The zero-order valence-corrected chi connectivity index (χ0v) is 12.5. The normalized spacial score (nSPS) is 12.5. The second-order valence-corrected chi connectivity index (χ2v) is 5.40. The zero-order valence-electron chi connectivity index (χ0n) is 12.5. The van der Waals surface area contributed by atoms with Gasteiger partial charge >= 0.3 is 0 Å². The Kier molecular flexibility index (Phi) is 5.22. The molecule has 1 heterocycles. The Morgan fingerprint density at radius 1 is 1.25 bits per heavy atom. The highest BCUT2D eigenvalue weighted by atomic mass is 14.9. The van der Waals surface area contributed by atoms with Crippen molar-refractivity contribution in [2.24, 2.45) is 5.92 Å². The van der Waals surface area contributed by atoms with Gasteiger partial charge in [0.25, 0.3) is 0 Å². The van der Waals surface area contributed by atoms with Gasteiger partial charge in [0.15, 0.2) is 0 Å². The van der Waals surface area contributed by atoms with Gasteiger partial charge in [0, 0.05) is 11.9 Å². The molecule has 108 valence electrons. The quantitative estimate of drug-likeness (QED) is 0.782. The molecule has 0 aliphatic rings. The van der Waals surface area contributed by atoms with E-state index in [0.717, 1.165) is 28.8 Å². The molecule has 0 amide bonds. The van der Waals surface area contributed by atoms with E-state index in [9.17, 15) is 0 Å². The molecule has 1 aromatic heterocycles. The highest BCUT2D eigenvalue weighted by Gasteiger charge is 2.09. The van der Waals surface area contributed by atoms with E-state index >= 15 is 0 Å². The van der Waals surface area contributed by atoms with Crippen LogP contribution < -0.4 is 11.1 Å². The topological polar surface area (TPSA) is 50.9 Å².